The molecule has 3 aliphatic rings. The molecule has 1 aromatic heterocycles. The fourth-order valence-electron chi connectivity index (χ4n) is 5.29. The molecule has 5 rings (SSSR count). The number of carbonyl (C=O) groups is 2. The van der Waals surface area contributed by atoms with Gasteiger partial charge in [-0.05, 0) is 57.1 Å². The van der Waals surface area contributed by atoms with Crippen molar-refractivity contribution in [3.8, 4) is 5.75 Å². The van der Waals surface area contributed by atoms with Crippen LogP contribution in [0, 0.1) is 24.5 Å². The highest BCUT2D eigenvalue weighted by molar-refractivity contribution is 6.30. The van der Waals surface area contributed by atoms with E-state index in [0.717, 1.165) is 6.07 Å². The van der Waals surface area contributed by atoms with E-state index < -0.39 is 23.1 Å². The van der Waals surface area contributed by atoms with Crippen LogP contribution in [-0.2, 0) is 11.8 Å². The Morgan fingerprint density at radius 3 is 2.52 bits per heavy atom. The van der Waals surface area contributed by atoms with Gasteiger partial charge in [0.15, 0.2) is 18.1 Å². The molecular weight excluding hydrogens is 454 g/mol. The number of aromatic nitrogens is 2. The molecule has 10 heteroatoms. The third kappa shape index (κ3) is 4.43. The van der Waals surface area contributed by atoms with Gasteiger partial charge >= 0.3 is 0 Å². The normalized spacial score (nSPS) is 26.2. The number of nitrogens with one attached hydrogen (secondary N) is 2. The monoisotopic (exact) mass is 480 g/mol. The Morgan fingerprint density at radius 1 is 1.24 bits per heavy atom. The van der Waals surface area contributed by atoms with E-state index in [1.165, 1.54) is 23.7 Å². The first-order valence-corrected chi connectivity index (χ1v) is 11.3. The lowest BCUT2D eigenvalue weighted by Crippen LogP contribution is -2.67. The lowest BCUT2D eigenvalue weighted by Gasteiger charge is -2.57. The number of ether oxygens (including phenoxy) is 1. The summed E-state index contributed by atoms with van der Waals surface area (Å²) < 4.78 is 34.6. The topological polar surface area (TPSA) is 85.3 Å². The number of benzene rings is 1. The van der Waals surface area contributed by atoms with Crippen LogP contribution in [0.5, 0.6) is 5.75 Å². The number of halogens is 3. The van der Waals surface area contributed by atoms with Crippen LogP contribution in [-0.4, -0.2) is 39.3 Å². The number of hydrogen-bond acceptors (Lipinski definition) is 4. The van der Waals surface area contributed by atoms with Crippen LogP contribution in [0.4, 0.5) is 8.78 Å². The van der Waals surface area contributed by atoms with E-state index in [0.29, 0.717) is 32.1 Å². The minimum atomic E-state index is -0.610. The molecular formula is C23H27ClF2N4O3. The third-order valence-corrected chi connectivity index (χ3v) is 7.44. The van der Waals surface area contributed by atoms with Gasteiger partial charge in [0.05, 0.1) is 10.7 Å². The Balaban J connectivity index is 1.37. The maximum absolute atomic E-state index is 14.4. The van der Waals surface area contributed by atoms with Gasteiger partial charge in [0.2, 0.25) is 0 Å². The molecule has 2 aromatic rings. The van der Waals surface area contributed by atoms with E-state index in [1.54, 1.807) is 7.05 Å². The maximum atomic E-state index is 14.4. The number of aryl methyl sites for hydroxylation is 2. The van der Waals surface area contributed by atoms with Crippen molar-refractivity contribution in [1.29, 1.82) is 0 Å². The van der Waals surface area contributed by atoms with Gasteiger partial charge in [0.25, 0.3) is 11.8 Å². The summed E-state index contributed by atoms with van der Waals surface area (Å²) >= 11 is 5.66. The number of rotatable bonds is 6. The van der Waals surface area contributed by atoms with Gasteiger partial charge < -0.3 is 15.4 Å². The average Bonchev–Trinajstić information content (AvgIpc) is 3.01. The molecule has 0 spiro atoms. The second-order valence-corrected chi connectivity index (χ2v) is 9.69. The second kappa shape index (κ2) is 8.59. The highest BCUT2D eigenvalue weighted by atomic mass is 35.5. The molecule has 3 aliphatic carbocycles. The van der Waals surface area contributed by atoms with Crippen molar-refractivity contribution in [2.75, 3.05) is 6.61 Å². The number of hydrogen-bond donors (Lipinski definition) is 2. The van der Waals surface area contributed by atoms with Crippen molar-refractivity contribution in [3.63, 3.8) is 0 Å². The molecule has 1 heterocycles. The van der Waals surface area contributed by atoms with Crippen molar-refractivity contribution in [3.05, 3.63) is 46.2 Å². The Morgan fingerprint density at radius 2 is 1.94 bits per heavy atom. The summed E-state index contributed by atoms with van der Waals surface area (Å²) in [6, 6.07) is 4.02. The predicted octanol–water partition coefficient (Wildman–Crippen LogP) is 3.68. The summed E-state index contributed by atoms with van der Waals surface area (Å²) in [4.78, 5) is 25.5. The summed E-state index contributed by atoms with van der Waals surface area (Å²) in [5.41, 5.74) is -0.719. The Bertz CT molecular complexity index is 1100. The molecule has 0 radical (unpaired) electrons. The zero-order valence-electron chi connectivity index (χ0n) is 18.8. The molecule has 33 heavy (non-hydrogen) atoms. The molecule has 0 aliphatic heterocycles. The molecule has 3 fully saturated rings. The maximum Gasteiger partial charge on any atom is 0.273 e. The quantitative estimate of drug-likeness (QED) is 0.660. The molecule has 178 valence electrons. The van der Waals surface area contributed by atoms with Crippen molar-refractivity contribution in [2.24, 2.45) is 13.0 Å². The standard InChI is InChI=1S/C23H27ClF2N4O3/c1-13-11-22(27-18(31)12-33-15-4-5-16(24)17(25)10-15)6-8-23(13,9-7-22)28-21(32)20-19(26)14(2)29-30(20)3/h4-5,10,13H,6-9,11-12H2,1-3H3,(H,27,31)(H,28,32)/t13-,22?,23?/m0/s1. The zero-order valence-corrected chi connectivity index (χ0v) is 19.6. The minimum absolute atomic E-state index is 0.0130. The first-order chi connectivity index (χ1) is 15.5. The molecule has 7 nitrogen and oxygen atoms in total. The van der Waals surface area contributed by atoms with E-state index in [2.05, 4.69) is 15.7 Å². The van der Waals surface area contributed by atoms with Gasteiger partial charge in [-0.3, -0.25) is 14.3 Å². The van der Waals surface area contributed by atoms with E-state index in [4.69, 9.17) is 16.3 Å². The predicted molar refractivity (Wildman–Crippen MR) is 118 cm³/mol. The summed E-state index contributed by atoms with van der Waals surface area (Å²) in [6.45, 7) is 3.33. The molecule has 2 N–H and O–H groups in total. The fourth-order valence-corrected chi connectivity index (χ4v) is 5.41. The highest BCUT2D eigenvalue weighted by Gasteiger charge is 2.54. The van der Waals surface area contributed by atoms with E-state index in [-0.39, 0.29) is 46.1 Å². The van der Waals surface area contributed by atoms with Crippen LogP contribution in [0.1, 0.15) is 55.2 Å². The molecule has 1 aromatic carbocycles. The molecule has 3 saturated carbocycles. The Labute approximate surface area is 195 Å². The van der Waals surface area contributed by atoms with Crippen LogP contribution >= 0.6 is 11.6 Å². The molecule has 0 saturated heterocycles. The molecule has 0 unspecified atom stereocenters. The van der Waals surface area contributed by atoms with Crippen molar-refractivity contribution >= 4 is 23.4 Å². The van der Waals surface area contributed by atoms with Crippen molar-refractivity contribution in [1.82, 2.24) is 20.4 Å². The van der Waals surface area contributed by atoms with E-state index >= 15 is 0 Å². The van der Waals surface area contributed by atoms with Crippen molar-refractivity contribution in [2.45, 2.75) is 57.0 Å². The van der Waals surface area contributed by atoms with Crippen LogP contribution in [0.15, 0.2) is 18.2 Å². The minimum Gasteiger partial charge on any atom is -0.484 e. The van der Waals surface area contributed by atoms with Gasteiger partial charge in [0.1, 0.15) is 11.6 Å². The van der Waals surface area contributed by atoms with Crippen LogP contribution in [0.25, 0.3) is 0 Å². The van der Waals surface area contributed by atoms with Gasteiger partial charge in [-0.1, -0.05) is 18.5 Å². The average molecular weight is 481 g/mol. The summed E-state index contributed by atoms with van der Waals surface area (Å²) in [6.07, 6.45) is 3.39. The summed E-state index contributed by atoms with van der Waals surface area (Å²) in [5, 5.41) is 10.2. The first-order valence-electron chi connectivity index (χ1n) is 10.9. The van der Waals surface area contributed by atoms with Crippen LogP contribution < -0.4 is 15.4 Å². The fraction of sp³-hybridized carbons (Fsp3) is 0.522. The lowest BCUT2D eigenvalue weighted by molar-refractivity contribution is -0.127. The number of amides is 2. The third-order valence-electron chi connectivity index (χ3n) is 7.13. The Kier molecular flexibility index (Phi) is 6.11. The highest BCUT2D eigenvalue weighted by Crippen LogP contribution is 2.50. The van der Waals surface area contributed by atoms with Gasteiger partial charge in [-0.25, -0.2) is 8.78 Å². The van der Waals surface area contributed by atoms with E-state index in [1.807, 2.05) is 6.92 Å². The first kappa shape index (κ1) is 23.5. The lowest BCUT2D eigenvalue weighted by atomic mass is 9.56. The van der Waals surface area contributed by atoms with Crippen molar-refractivity contribution < 1.29 is 23.1 Å². The van der Waals surface area contributed by atoms with E-state index in [9.17, 15) is 18.4 Å². The van der Waals surface area contributed by atoms with Crippen LogP contribution in [0.3, 0.4) is 0 Å². The molecule has 2 amide bonds. The largest absolute Gasteiger partial charge is 0.484 e. The summed E-state index contributed by atoms with van der Waals surface area (Å²) in [5.74, 6) is -1.67. The van der Waals surface area contributed by atoms with Crippen LogP contribution in [0.2, 0.25) is 5.02 Å². The summed E-state index contributed by atoms with van der Waals surface area (Å²) in [7, 11) is 1.55. The smallest absolute Gasteiger partial charge is 0.273 e. The van der Waals surface area contributed by atoms with Gasteiger partial charge in [-0.2, -0.15) is 5.10 Å². The van der Waals surface area contributed by atoms with Gasteiger partial charge in [-0.15, -0.1) is 0 Å². The SMILES string of the molecule is Cc1nn(C)c(C(=O)NC23CCC(NC(=O)COc4ccc(Cl)c(F)c4)(CC2)C[C@@H]3C)c1F. The Hall–Kier alpha value is -2.68. The second-order valence-electron chi connectivity index (χ2n) is 9.28. The van der Waals surface area contributed by atoms with Gasteiger partial charge in [0, 0.05) is 24.2 Å². The number of fused-ring (bicyclic) bond motifs is 3. The molecule has 1 atom stereocenters. The zero-order chi connectivity index (χ0) is 24.0. The number of nitrogens with zero attached hydrogens (tertiary/aromatic N) is 2. The molecule has 2 bridgehead atoms. The number of carbonyl (C=O) groups excluding carboxylic acids is 2.